The van der Waals surface area contributed by atoms with Gasteiger partial charge in [-0.05, 0) is 24.3 Å². The Morgan fingerprint density at radius 3 is 2.74 bits per heavy atom. The number of nitrogens with zero attached hydrogens (tertiary/aromatic N) is 2. The zero-order valence-electron chi connectivity index (χ0n) is 15.1. The third kappa shape index (κ3) is 5.49. The second-order valence-corrected chi connectivity index (χ2v) is 9.05. The molecular weight excluding hydrogens is 424 g/mol. The Kier molecular flexibility index (Phi) is 7.40. The van der Waals surface area contributed by atoms with Gasteiger partial charge in [-0.15, -0.1) is 0 Å². The summed E-state index contributed by atoms with van der Waals surface area (Å²) >= 11 is 5.77. The molecule has 1 aromatic carbocycles. The zero-order valence-corrected chi connectivity index (χ0v) is 18.6. The number of halogens is 1. The van der Waals surface area contributed by atoms with Gasteiger partial charge in [0.15, 0.2) is 10.9 Å². The first-order chi connectivity index (χ1) is 12.3. The van der Waals surface area contributed by atoms with Crippen LogP contribution >= 0.6 is 19.2 Å². The minimum Gasteiger partial charge on any atom is -1.00 e. The van der Waals surface area contributed by atoms with E-state index in [0.717, 1.165) is 0 Å². The molecule has 2 heterocycles. The molecule has 0 aliphatic heterocycles. The maximum atomic E-state index is 12.6. The maximum absolute atomic E-state index is 12.6. The summed E-state index contributed by atoms with van der Waals surface area (Å²) in [6.07, 6.45) is 3.54. The molecule has 0 saturated carbocycles. The van der Waals surface area contributed by atoms with Crippen molar-refractivity contribution >= 4 is 40.0 Å². The molecule has 0 fully saturated rings. The molecule has 3 aromatic rings. The van der Waals surface area contributed by atoms with Gasteiger partial charge in [0, 0.05) is 29.4 Å². The first kappa shape index (κ1) is 22.3. The monoisotopic (exact) mass is 437 g/mol. The average Bonchev–Trinajstić information content (AvgIpc) is 2.62. The molecule has 8 nitrogen and oxygen atoms in total. The Balaban J connectivity index is 0.00000196. The van der Waals surface area contributed by atoms with Gasteiger partial charge in [0.2, 0.25) is 10.0 Å². The number of hydrogen-bond acceptors (Lipinski definition) is 6. The molecule has 0 bridgehead atoms. The first-order valence-electron chi connectivity index (χ1n) is 7.23. The number of nitrogens with one attached hydrogen (secondary N) is 1. The summed E-state index contributed by atoms with van der Waals surface area (Å²) in [5.74, 6) is -0.115. The van der Waals surface area contributed by atoms with Gasteiger partial charge < -0.3 is 10.8 Å². The van der Waals surface area contributed by atoms with Crippen molar-refractivity contribution < 1.29 is 53.4 Å². The summed E-state index contributed by atoms with van der Waals surface area (Å²) in [4.78, 5) is 17.6. The van der Waals surface area contributed by atoms with E-state index in [2.05, 4.69) is 14.7 Å². The van der Waals surface area contributed by atoms with Crippen LogP contribution in [0.4, 0.5) is 0 Å². The fourth-order valence-electron chi connectivity index (χ4n) is 2.20. The molecule has 2 N–H and O–H groups in total. The summed E-state index contributed by atoms with van der Waals surface area (Å²) < 4.78 is 44.3. The molecule has 1 unspecified atom stereocenters. The van der Waals surface area contributed by atoms with Crippen molar-refractivity contribution in [3.8, 4) is 5.75 Å². The zero-order chi connectivity index (χ0) is 18.8. The maximum Gasteiger partial charge on any atom is 1.00 e. The van der Waals surface area contributed by atoms with Gasteiger partial charge in [0.1, 0.15) is 6.29 Å². The van der Waals surface area contributed by atoms with E-state index < -0.39 is 23.9 Å². The smallest absolute Gasteiger partial charge is 1.00 e. The topological polar surface area (TPSA) is 118 Å². The molecule has 0 spiro atoms. The van der Waals surface area contributed by atoms with Gasteiger partial charge in [0.05, 0.1) is 4.90 Å². The van der Waals surface area contributed by atoms with Crippen LogP contribution < -0.4 is 38.8 Å². The molecule has 2 aromatic heterocycles. The Morgan fingerprint density at radius 1 is 1.22 bits per heavy atom. The van der Waals surface area contributed by atoms with Gasteiger partial charge in [-0.25, -0.2) is 18.0 Å². The van der Waals surface area contributed by atoms with E-state index in [0.29, 0.717) is 10.8 Å². The molecule has 0 amide bonds. The van der Waals surface area contributed by atoms with E-state index in [1.807, 2.05) is 0 Å². The van der Waals surface area contributed by atoms with E-state index in [9.17, 15) is 17.9 Å². The van der Waals surface area contributed by atoms with E-state index >= 15 is 0 Å². The van der Waals surface area contributed by atoms with Crippen LogP contribution in [0.25, 0.3) is 10.8 Å². The Bertz CT molecular complexity index is 1120. The minimum absolute atomic E-state index is 0. The molecule has 0 saturated heterocycles. The summed E-state index contributed by atoms with van der Waals surface area (Å²) in [7, 11) is -8.41. The molecule has 3 rings (SSSR count). The fourth-order valence-corrected chi connectivity index (χ4v) is 5.15. The van der Waals surface area contributed by atoms with Crippen LogP contribution in [-0.2, 0) is 14.6 Å². The van der Waals surface area contributed by atoms with Crippen molar-refractivity contribution in [2.75, 3.05) is 6.29 Å². The van der Waals surface area contributed by atoms with Crippen LogP contribution in [0.2, 0.25) is 5.15 Å². The van der Waals surface area contributed by atoms with Crippen LogP contribution in [-0.4, -0.2) is 29.6 Å². The third-order valence-corrected chi connectivity index (χ3v) is 6.35. The van der Waals surface area contributed by atoms with Gasteiger partial charge in [0.25, 0.3) is 0 Å². The van der Waals surface area contributed by atoms with Gasteiger partial charge in [-0.2, -0.15) is 4.72 Å². The van der Waals surface area contributed by atoms with Gasteiger partial charge >= 0.3 is 37.2 Å². The Hall–Kier alpha value is -1.03. The molecule has 0 aliphatic rings. The van der Waals surface area contributed by atoms with E-state index in [-0.39, 0.29) is 46.8 Å². The molecule has 138 valence electrons. The molecule has 12 heteroatoms. The SMILES string of the molecule is O=P(O)(CNS(=O)(=O)c1cccc2cnccc12)Oc1cccnc1Cl.[H-].[Na+]. The molecular formula is C15H14ClN3NaO5PS. The molecule has 1 atom stereocenters. The second kappa shape index (κ2) is 8.98. The molecule has 27 heavy (non-hydrogen) atoms. The number of aromatic nitrogens is 2. The summed E-state index contributed by atoms with van der Waals surface area (Å²) in [6.45, 7) is 0. The first-order valence-corrected chi connectivity index (χ1v) is 10.9. The number of benzene rings is 1. The van der Waals surface area contributed by atoms with E-state index in [1.165, 1.54) is 36.8 Å². The van der Waals surface area contributed by atoms with Crippen molar-refractivity contribution in [3.63, 3.8) is 0 Å². The fraction of sp³-hybridized carbons (Fsp3) is 0.0667. The minimum atomic E-state index is -4.35. The number of rotatable bonds is 6. The number of fused-ring (bicyclic) bond motifs is 1. The third-order valence-electron chi connectivity index (χ3n) is 3.35. The number of pyridine rings is 2. The van der Waals surface area contributed by atoms with E-state index in [1.54, 1.807) is 18.2 Å². The largest absolute Gasteiger partial charge is 1.00 e. The predicted molar refractivity (Wildman–Crippen MR) is 97.7 cm³/mol. The number of hydrogen-bond donors (Lipinski definition) is 2. The standard InChI is InChI=1S/C15H13ClN3O5PS.Na.H/c16-15-13(4-2-7-18-15)24-25(20,21)10-19-26(22,23)14-5-1-3-11-9-17-8-6-12(11)14;;/h1-9,19H,10H2,(H,20,21);;/q;+1;-1. The molecule has 0 aliphatic carbocycles. The Morgan fingerprint density at radius 2 is 2.00 bits per heavy atom. The van der Waals surface area contributed by atoms with Crippen molar-refractivity contribution in [3.05, 3.63) is 60.1 Å². The van der Waals surface area contributed by atoms with Crippen LogP contribution in [0.1, 0.15) is 1.43 Å². The van der Waals surface area contributed by atoms with Crippen molar-refractivity contribution in [1.29, 1.82) is 0 Å². The quantitative estimate of drug-likeness (QED) is 0.314. The van der Waals surface area contributed by atoms with Gasteiger partial charge in [-0.3, -0.25) is 4.98 Å². The second-order valence-electron chi connectivity index (χ2n) is 5.18. The van der Waals surface area contributed by atoms with Crippen molar-refractivity contribution in [1.82, 2.24) is 14.7 Å². The predicted octanol–water partition coefficient (Wildman–Crippen LogP) is -0.100. The summed E-state index contributed by atoms with van der Waals surface area (Å²) in [5, 5.41) is 0.964. The summed E-state index contributed by atoms with van der Waals surface area (Å²) in [5.41, 5.74) is 0. The summed E-state index contributed by atoms with van der Waals surface area (Å²) in [6, 6.07) is 9.04. The molecule has 0 radical (unpaired) electrons. The van der Waals surface area contributed by atoms with Crippen LogP contribution in [0, 0.1) is 0 Å². The van der Waals surface area contributed by atoms with Crippen LogP contribution in [0.3, 0.4) is 0 Å². The van der Waals surface area contributed by atoms with Crippen LogP contribution in [0.5, 0.6) is 5.75 Å². The normalized spacial score (nSPS) is 13.6. The van der Waals surface area contributed by atoms with Gasteiger partial charge in [-0.1, -0.05) is 23.7 Å². The van der Waals surface area contributed by atoms with E-state index in [4.69, 9.17) is 16.1 Å². The number of sulfonamides is 1. The van der Waals surface area contributed by atoms with Crippen LogP contribution in [0.15, 0.2) is 59.9 Å². The average molecular weight is 438 g/mol. The van der Waals surface area contributed by atoms with Crippen molar-refractivity contribution in [2.24, 2.45) is 0 Å². The van der Waals surface area contributed by atoms with Crippen molar-refractivity contribution in [2.45, 2.75) is 4.90 Å². The Labute approximate surface area is 184 Å².